The van der Waals surface area contributed by atoms with Crippen LogP contribution in [0.1, 0.15) is 21.4 Å². The van der Waals surface area contributed by atoms with Gasteiger partial charge in [0.15, 0.2) is 0 Å². The summed E-state index contributed by atoms with van der Waals surface area (Å²) in [5.74, 6) is -0.276. The molecule has 3 aromatic carbocycles. The molecule has 0 aliphatic heterocycles. The molecule has 152 valence electrons. The number of carbonyl (C=O) groups is 1. The van der Waals surface area contributed by atoms with E-state index in [-0.39, 0.29) is 16.2 Å². The highest BCUT2D eigenvalue weighted by Gasteiger charge is 2.32. The van der Waals surface area contributed by atoms with E-state index < -0.39 is 21.2 Å². The van der Waals surface area contributed by atoms with Crippen LogP contribution >= 0.6 is 0 Å². The molecule has 6 nitrogen and oxygen atoms in total. The lowest BCUT2D eigenvalue weighted by atomic mass is 10.1. The average Bonchev–Trinajstić information content (AvgIpc) is 3.23. The number of rotatable bonds is 6. The minimum absolute atomic E-state index is 0.147. The Bertz CT molecular complexity index is 1280. The fourth-order valence-corrected chi connectivity index (χ4v) is 4.82. The predicted octanol–water partition coefficient (Wildman–Crippen LogP) is 4.51. The number of methoxy groups -OCH3 is 1. The number of carbonyl (C=O) groups excluding carboxylic acids is 1. The maximum absolute atomic E-state index is 13.5. The van der Waals surface area contributed by atoms with Gasteiger partial charge in [0.1, 0.15) is 5.75 Å². The van der Waals surface area contributed by atoms with Crippen molar-refractivity contribution in [1.82, 2.24) is 4.98 Å². The Balaban J connectivity index is 1.87. The molecule has 1 N–H and O–H groups in total. The molecule has 0 aliphatic rings. The maximum atomic E-state index is 13.5. The summed E-state index contributed by atoms with van der Waals surface area (Å²) in [6.07, 6.45) is 1.52. The number of hydrogen-bond donors (Lipinski definition) is 1. The zero-order valence-electron chi connectivity index (χ0n) is 16.1. The lowest BCUT2D eigenvalue weighted by Gasteiger charge is -2.21. The summed E-state index contributed by atoms with van der Waals surface area (Å²) in [5.41, 5.74) is 0.0875. The number of benzene rings is 3. The lowest BCUT2D eigenvalue weighted by molar-refractivity contribution is 0.0602. The van der Waals surface area contributed by atoms with Crippen LogP contribution in [0.3, 0.4) is 0 Å². The molecule has 0 radical (unpaired) electrons. The van der Waals surface area contributed by atoms with Crippen molar-refractivity contribution in [2.75, 3.05) is 7.11 Å². The summed E-state index contributed by atoms with van der Waals surface area (Å²) in [7, 11) is -2.60. The van der Waals surface area contributed by atoms with Gasteiger partial charge >= 0.3 is 5.97 Å². The van der Waals surface area contributed by atoms with Crippen LogP contribution in [0.4, 0.5) is 0 Å². The van der Waals surface area contributed by atoms with Crippen molar-refractivity contribution in [2.24, 2.45) is 0 Å². The molecule has 4 aromatic rings. The van der Waals surface area contributed by atoms with E-state index in [1.54, 1.807) is 66.7 Å². The van der Waals surface area contributed by atoms with Gasteiger partial charge in [-0.05, 0) is 24.3 Å². The lowest BCUT2D eigenvalue weighted by Crippen LogP contribution is -2.20. The topological polar surface area (TPSA) is 85.5 Å². The Morgan fingerprint density at radius 3 is 2.23 bits per heavy atom. The first-order valence-corrected chi connectivity index (χ1v) is 10.8. The molecule has 7 heteroatoms. The molecule has 1 heterocycles. The maximum Gasteiger partial charge on any atom is 0.340 e. The van der Waals surface area contributed by atoms with Crippen LogP contribution in [0.2, 0.25) is 0 Å². The van der Waals surface area contributed by atoms with E-state index >= 15 is 0 Å². The van der Waals surface area contributed by atoms with Gasteiger partial charge in [-0.2, -0.15) is 0 Å². The highest BCUT2D eigenvalue weighted by atomic mass is 32.2. The van der Waals surface area contributed by atoms with Gasteiger partial charge in [0, 0.05) is 11.8 Å². The number of esters is 1. The molecule has 1 atom stereocenters. The molecular weight excluding hydrogens is 402 g/mol. The number of ether oxygens (including phenoxy) is 2. The van der Waals surface area contributed by atoms with E-state index in [9.17, 15) is 13.2 Å². The normalized spacial score (nSPS) is 12.4. The Hall–Kier alpha value is -3.58. The largest absolute Gasteiger partial charge is 0.469 e. The second-order valence-corrected chi connectivity index (χ2v) is 8.58. The summed E-state index contributed by atoms with van der Waals surface area (Å²) in [6.45, 7) is 0. The second-order valence-electron chi connectivity index (χ2n) is 6.59. The predicted molar refractivity (Wildman–Crippen MR) is 113 cm³/mol. The van der Waals surface area contributed by atoms with Gasteiger partial charge < -0.3 is 14.5 Å². The van der Waals surface area contributed by atoms with Gasteiger partial charge in [-0.3, -0.25) is 0 Å². The second kappa shape index (κ2) is 8.04. The number of aromatic nitrogens is 1. The van der Waals surface area contributed by atoms with Gasteiger partial charge in [0.2, 0.25) is 15.3 Å². The monoisotopic (exact) mass is 421 g/mol. The molecule has 0 saturated heterocycles. The van der Waals surface area contributed by atoms with E-state index in [2.05, 4.69) is 4.98 Å². The van der Waals surface area contributed by atoms with E-state index in [1.807, 2.05) is 0 Å². The van der Waals surface area contributed by atoms with Gasteiger partial charge in [0.25, 0.3) is 0 Å². The number of nitrogens with one attached hydrogen (secondary N) is 1. The molecule has 4 rings (SSSR count). The number of H-pyrrole nitrogens is 1. The fraction of sp³-hybridized carbons (Fsp3) is 0.0870. The standard InChI is InChI=1S/C23H19NO5S/c1-28-22(25)18-15-24-19-13-8-14-20(21(18)19)29-23(16-9-4-2-5-10-16)30(26,27)17-11-6-3-7-12-17/h2-15,23-24H,1H3. The van der Waals surface area contributed by atoms with Gasteiger partial charge in [-0.1, -0.05) is 54.6 Å². The SMILES string of the molecule is COC(=O)c1c[nH]c2cccc(OC(c3ccccc3)S(=O)(=O)c3ccccc3)c12. The fourth-order valence-electron chi connectivity index (χ4n) is 3.29. The van der Waals surface area contributed by atoms with E-state index in [0.717, 1.165) is 0 Å². The molecule has 1 unspecified atom stereocenters. The van der Waals surface area contributed by atoms with E-state index in [1.165, 1.54) is 25.4 Å². The van der Waals surface area contributed by atoms with Crippen LogP contribution in [-0.2, 0) is 14.6 Å². The van der Waals surface area contributed by atoms with Crippen molar-refractivity contribution in [3.63, 3.8) is 0 Å². The first-order valence-electron chi connectivity index (χ1n) is 9.21. The first-order chi connectivity index (χ1) is 14.5. The summed E-state index contributed by atoms with van der Waals surface area (Å²) >= 11 is 0. The van der Waals surface area contributed by atoms with Crippen LogP contribution in [0.25, 0.3) is 10.9 Å². The molecule has 0 saturated carbocycles. The van der Waals surface area contributed by atoms with Crippen LogP contribution < -0.4 is 4.74 Å². The molecular formula is C23H19NO5S. The molecule has 0 bridgehead atoms. The number of aromatic amines is 1. The van der Waals surface area contributed by atoms with Crippen LogP contribution in [0.5, 0.6) is 5.75 Å². The van der Waals surface area contributed by atoms with Crippen molar-refractivity contribution in [1.29, 1.82) is 0 Å². The van der Waals surface area contributed by atoms with Crippen LogP contribution in [-0.4, -0.2) is 26.5 Å². The van der Waals surface area contributed by atoms with Crippen LogP contribution in [0, 0.1) is 0 Å². The minimum atomic E-state index is -3.89. The summed E-state index contributed by atoms with van der Waals surface area (Å²) in [5, 5.41) is 0.466. The summed E-state index contributed by atoms with van der Waals surface area (Å²) in [4.78, 5) is 15.3. The van der Waals surface area contributed by atoms with Crippen molar-refractivity contribution in [3.05, 3.63) is 96.2 Å². The molecule has 0 fully saturated rings. The van der Waals surface area contributed by atoms with Crippen molar-refractivity contribution < 1.29 is 22.7 Å². The third kappa shape index (κ3) is 3.55. The molecule has 1 aromatic heterocycles. The Kier molecular flexibility index (Phi) is 5.29. The van der Waals surface area contributed by atoms with Gasteiger partial charge in [-0.15, -0.1) is 0 Å². The summed E-state index contributed by atoms with van der Waals surface area (Å²) < 4.78 is 37.9. The Morgan fingerprint density at radius 1 is 0.900 bits per heavy atom. The van der Waals surface area contributed by atoms with E-state index in [4.69, 9.17) is 9.47 Å². The van der Waals surface area contributed by atoms with Gasteiger partial charge in [0.05, 0.1) is 28.5 Å². The van der Waals surface area contributed by atoms with Crippen molar-refractivity contribution >= 4 is 26.7 Å². The number of hydrogen-bond acceptors (Lipinski definition) is 5. The number of sulfone groups is 1. The molecule has 0 spiro atoms. The average molecular weight is 421 g/mol. The van der Waals surface area contributed by atoms with Crippen LogP contribution in [0.15, 0.2) is 90.0 Å². The summed E-state index contributed by atoms with van der Waals surface area (Å²) in [6, 6.07) is 22.0. The quantitative estimate of drug-likeness (QED) is 0.463. The van der Waals surface area contributed by atoms with Crippen molar-refractivity contribution in [3.8, 4) is 5.75 Å². The minimum Gasteiger partial charge on any atom is -0.469 e. The third-order valence-corrected chi connectivity index (χ3v) is 6.59. The highest BCUT2D eigenvalue weighted by Crippen LogP contribution is 2.36. The smallest absolute Gasteiger partial charge is 0.340 e. The third-order valence-electron chi connectivity index (χ3n) is 4.73. The zero-order chi connectivity index (χ0) is 21.1. The van der Waals surface area contributed by atoms with Crippen molar-refractivity contribution in [2.45, 2.75) is 10.3 Å². The van der Waals surface area contributed by atoms with Gasteiger partial charge in [-0.25, -0.2) is 13.2 Å². The Morgan fingerprint density at radius 2 is 1.57 bits per heavy atom. The van der Waals surface area contributed by atoms with E-state index in [0.29, 0.717) is 16.5 Å². The molecule has 0 aliphatic carbocycles. The number of fused-ring (bicyclic) bond motifs is 1. The zero-order valence-corrected chi connectivity index (χ0v) is 16.9. The highest BCUT2D eigenvalue weighted by molar-refractivity contribution is 7.91. The molecule has 30 heavy (non-hydrogen) atoms. The molecule has 0 amide bonds. The Labute approximate surface area is 174 Å². The first kappa shape index (κ1) is 19.7.